The van der Waals surface area contributed by atoms with Gasteiger partial charge in [-0.3, -0.25) is 4.79 Å². The smallest absolute Gasteiger partial charge is 0.273 e. The normalized spacial score (nSPS) is 10.4. The minimum absolute atomic E-state index is 0.213. The number of rotatable bonds is 2. The molecule has 0 aliphatic rings. The van der Waals surface area contributed by atoms with Gasteiger partial charge in [-0.05, 0) is 31.0 Å². The molecule has 0 radical (unpaired) electrons. The zero-order valence-electron chi connectivity index (χ0n) is 10.7. The Morgan fingerprint density at radius 2 is 2.11 bits per heavy atom. The minimum atomic E-state index is -0.213. The predicted octanol–water partition coefficient (Wildman–Crippen LogP) is 1.87. The molecule has 0 aliphatic heterocycles. The molecule has 2 aromatic rings. The van der Waals surface area contributed by atoms with Gasteiger partial charge in [0.1, 0.15) is 5.69 Å². The highest BCUT2D eigenvalue weighted by Crippen LogP contribution is 2.26. The summed E-state index contributed by atoms with van der Waals surface area (Å²) in [6.07, 6.45) is 3.11. The summed E-state index contributed by atoms with van der Waals surface area (Å²) in [5, 5.41) is 2.84. The first-order valence-electron chi connectivity index (χ1n) is 5.64. The van der Waals surface area contributed by atoms with Gasteiger partial charge in [0.2, 0.25) is 0 Å². The lowest BCUT2D eigenvalue weighted by Gasteiger charge is -2.13. The number of hydrogen-bond acceptors (Lipinski definition) is 3. The average Bonchev–Trinajstić information content (AvgIpc) is 2.76. The Labute approximate surface area is 106 Å². The number of nitrogens with one attached hydrogen (secondary N) is 1. The van der Waals surface area contributed by atoms with Gasteiger partial charge in [-0.25, -0.2) is 4.98 Å². The van der Waals surface area contributed by atoms with Gasteiger partial charge in [-0.2, -0.15) is 0 Å². The summed E-state index contributed by atoms with van der Waals surface area (Å²) in [6, 6.07) is 3.73. The Kier molecular flexibility index (Phi) is 3.06. The first-order valence-corrected chi connectivity index (χ1v) is 5.64. The van der Waals surface area contributed by atoms with Crippen molar-refractivity contribution in [1.29, 1.82) is 0 Å². The van der Waals surface area contributed by atoms with E-state index < -0.39 is 0 Å². The van der Waals surface area contributed by atoms with Gasteiger partial charge in [0, 0.05) is 7.05 Å². The monoisotopic (exact) mass is 244 g/mol. The van der Waals surface area contributed by atoms with E-state index in [-0.39, 0.29) is 5.91 Å². The summed E-state index contributed by atoms with van der Waals surface area (Å²) in [5.41, 5.74) is 9.68. The number of anilines is 2. The van der Waals surface area contributed by atoms with Crippen molar-refractivity contribution in [3.05, 3.63) is 41.5 Å². The molecule has 0 bridgehead atoms. The van der Waals surface area contributed by atoms with E-state index in [9.17, 15) is 4.79 Å². The van der Waals surface area contributed by atoms with Gasteiger partial charge < -0.3 is 15.6 Å². The van der Waals surface area contributed by atoms with Crippen LogP contribution < -0.4 is 11.1 Å². The highest BCUT2D eigenvalue weighted by atomic mass is 16.2. The zero-order chi connectivity index (χ0) is 13.3. The molecule has 5 nitrogen and oxygen atoms in total. The highest BCUT2D eigenvalue weighted by molar-refractivity contribution is 6.05. The Morgan fingerprint density at radius 1 is 1.39 bits per heavy atom. The first kappa shape index (κ1) is 12.2. The van der Waals surface area contributed by atoms with E-state index in [2.05, 4.69) is 10.3 Å². The Hall–Kier alpha value is -2.30. The molecule has 3 N–H and O–H groups in total. The minimum Gasteiger partial charge on any atom is -0.397 e. The van der Waals surface area contributed by atoms with Gasteiger partial charge >= 0.3 is 0 Å². The van der Waals surface area contributed by atoms with E-state index >= 15 is 0 Å². The topological polar surface area (TPSA) is 72.9 Å². The number of carbonyl (C=O) groups is 1. The van der Waals surface area contributed by atoms with Crippen molar-refractivity contribution < 1.29 is 4.79 Å². The van der Waals surface area contributed by atoms with Crippen molar-refractivity contribution in [3.63, 3.8) is 0 Å². The first-order chi connectivity index (χ1) is 8.50. The number of carbonyl (C=O) groups excluding carboxylic acids is 1. The third kappa shape index (κ3) is 2.07. The van der Waals surface area contributed by atoms with Crippen LogP contribution in [0, 0.1) is 13.8 Å². The fourth-order valence-electron chi connectivity index (χ4n) is 1.76. The summed E-state index contributed by atoms with van der Waals surface area (Å²) in [5.74, 6) is -0.213. The molecule has 0 saturated heterocycles. The van der Waals surface area contributed by atoms with E-state index in [0.717, 1.165) is 11.1 Å². The van der Waals surface area contributed by atoms with Crippen molar-refractivity contribution in [1.82, 2.24) is 9.55 Å². The van der Waals surface area contributed by atoms with Crippen LogP contribution in [0.25, 0.3) is 0 Å². The molecule has 0 aliphatic carbocycles. The third-order valence-electron chi connectivity index (χ3n) is 3.06. The zero-order valence-corrected chi connectivity index (χ0v) is 10.7. The molecule has 0 spiro atoms. The maximum atomic E-state index is 12.1. The maximum Gasteiger partial charge on any atom is 0.273 e. The van der Waals surface area contributed by atoms with Crippen LogP contribution in [-0.4, -0.2) is 15.5 Å². The molecule has 1 amide bonds. The average molecular weight is 244 g/mol. The fourth-order valence-corrected chi connectivity index (χ4v) is 1.76. The van der Waals surface area contributed by atoms with Crippen LogP contribution in [0.2, 0.25) is 0 Å². The lowest BCUT2D eigenvalue weighted by atomic mass is 10.1. The number of nitrogens with zero attached hydrogens (tertiary/aromatic N) is 2. The van der Waals surface area contributed by atoms with Gasteiger partial charge in [0.15, 0.2) is 0 Å². The maximum absolute atomic E-state index is 12.1. The molecule has 94 valence electrons. The number of amides is 1. The summed E-state index contributed by atoms with van der Waals surface area (Å²) in [4.78, 5) is 16.0. The number of aryl methyl sites for hydroxylation is 2. The molecule has 0 fully saturated rings. The second kappa shape index (κ2) is 4.52. The molecular weight excluding hydrogens is 228 g/mol. The van der Waals surface area contributed by atoms with E-state index in [1.807, 2.05) is 19.9 Å². The van der Waals surface area contributed by atoms with Crippen molar-refractivity contribution in [2.75, 3.05) is 11.1 Å². The van der Waals surface area contributed by atoms with Crippen LogP contribution >= 0.6 is 0 Å². The SMILES string of the molecule is Cc1ccc(N)c(NC(=O)c2cncn2C)c1C. The van der Waals surface area contributed by atoms with Gasteiger partial charge in [0.05, 0.1) is 23.9 Å². The summed E-state index contributed by atoms with van der Waals surface area (Å²) < 4.78 is 1.66. The van der Waals surface area contributed by atoms with Crippen LogP contribution in [0.5, 0.6) is 0 Å². The summed E-state index contributed by atoms with van der Waals surface area (Å²) >= 11 is 0. The molecule has 18 heavy (non-hydrogen) atoms. The van der Waals surface area contributed by atoms with Gasteiger partial charge in [-0.15, -0.1) is 0 Å². The summed E-state index contributed by atoms with van der Waals surface area (Å²) in [6.45, 7) is 3.92. The fraction of sp³-hybridized carbons (Fsp3) is 0.231. The van der Waals surface area contributed by atoms with Gasteiger partial charge in [0.25, 0.3) is 5.91 Å². The number of imidazole rings is 1. The summed E-state index contributed by atoms with van der Waals surface area (Å²) in [7, 11) is 1.77. The second-order valence-corrected chi connectivity index (χ2v) is 4.32. The largest absolute Gasteiger partial charge is 0.397 e. The number of nitrogens with two attached hydrogens (primary N) is 1. The van der Waals surface area contributed by atoms with Crippen molar-refractivity contribution >= 4 is 17.3 Å². The molecule has 0 saturated carbocycles. The van der Waals surface area contributed by atoms with Crippen molar-refractivity contribution in [3.8, 4) is 0 Å². The van der Waals surface area contributed by atoms with Crippen LogP contribution in [0.4, 0.5) is 11.4 Å². The number of aromatic nitrogens is 2. The Bertz CT molecular complexity index is 601. The van der Waals surface area contributed by atoms with Crippen LogP contribution in [0.15, 0.2) is 24.7 Å². The van der Waals surface area contributed by atoms with Gasteiger partial charge in [-0.1, -0.05) is 6.07 Å². The highest BCUT2D eigenvalue weighted by Gasteiger charge is 2.13. The van der Waals surface area contributed by atoms with E-state index in [1.165, 1.54) is 6.20 Å². The predicted molar refractivity (Wildman–Crippen MR) is 71.5 cm³/mol. The van der Waals surface area contributed by atoms with Crippen LogP contribution in [-0.2, 0) is 7.05 Å². The quantitative estimate of drug-likeness (QED) is 0.792. The second-order valence-electron chi connectivity index (χ2n) is 4.32. The van der Waals surface area contributed by atoms with E-state index in [4.69, 9.17) is 5.73 Å². The number of nitrogen functional groups attached to an aromatic ring is 1. The molecule has 5 heteroatoms. The van der Waals surface area contributed by atoms with Crippen LogP contribution in [0.1, 0.15) is 21.6 Å². The lowest BCUT2D eigenvalue weighted by Crippen LogP contribution is -2.17. The molecule has 0 unspecified atom stereocenters. The Morgan fingerprint density at radius 3 is 2.72 bits per heavy atom. The standard InChI is InChI=1S/C13H16N4O/c1-8-4-5-10(14)12(9(8)2)16-13(18)11-6-15-7-17(11)3/h4-7H,14H2,1-3H3,(H,16,18). The van der Waals surface area contributed by atoms with E-state index in [0.29, 0.717) is 17.1 Å². The third-order valence-corrected chi connectivity index (χ3v) is 3.06. The van der Waals surface area contributed by atoms with Crippen LogP contribution in [0.3, 0.4) is 0 Å². The lowest BCUT2D eigenvalue weighted by molar-refractivity contribution is 0.101. The number of benzene rings is 1. The molecule has 0 atom stereocenters. The number of hydrogen-bond donors (Lipinski definition) is 2. The molecule has 1 heterocycles. The molecule has 2 rings (SSSR count). The van der Waals surface area contributed by atoms with Crippen molar-refractivity contribution in [2.45, 2.75) is 13.8 Å². The van der Waals surface area contributed by atoms with E-state index in [1.54, 1.807) is 24.0 Å². The molecule has 1 aromatic carbocycles. The van der Waals surface area contributed by atoms with Crippen molar-refractivity contribution in [2.24, 2.45) is 7.05 Å². The molecule has 1 aromatic heterocycles. The Balaban J connectivity index is 2.33. The molecular formula is C13H16N4O.